The summed E-state index contributed by atoms with van der Waals surface area (Å²) in [5.41, 5.74) is 3.86. The fourth-order valence-corrected chi connectivity index (χ4v) is 3.58. The zero-order valence-electron chi connectivity index (χ0n) is 14.5. The summed E-state index contributed by atoms with van der Waals surface area (Å²) in [4.78, 5) is 35.6. The van der Waals surface area contributed by atoms with Gasteiger partial charge in [0.05, 0.1) is 5.52 Å². The number of rotatable bonds is 2. The monoisotopic (exact) mass is 360 g/mol. The summed E-state index contributed by atoms with van der Waals surface area (Å²) in [6.45, 7) is 1.02. The second-order valence-corrected chi connectivity index (χ2v) is 6.63. The second-order valence-electron chi connectivity index (χ2n) is 6.63. The van der Waals surface area contributed by atoms with Crippen LogP contribution in [0.4, 0.5) is 0 Å². The van der Waals surface area contributed by atoms with Gasteiger partial charge in [0.1, 0.15) is 6.54 Å². The fraction of sp³-hybridized carbons (Fsp3) is 0.200. The van der Waals surface area contributed by atoms with Crippen LogP contribution < -0.4 is 5.76 Å². The van der Waals surface area contributed by atoms with Gasteiger partial charge in [-0.2, -0.15) is 0 Å². The number of amides is 1. The van der Waals surface area contributed by atoms with Crippen molar-refractivity contribution in [2.75, 3.05) is 6.54 Å². The molecule has 134 valence electrons. The van der Waals surface area contributed by atoms with E-state index in [0.29, 0.717) is 30.6 Å². The third-order valence-electron chi connectivity index (χ3n) is 4.96. The molecule has 1 amide bonds. The number of hydrogen-bond donors (Lipinski definition) is 0. The molecule has 0 saturated carbocycles. The van der Waals surface area contributed by atoms with Crippen LogP contribution in [0.2, 0.25) is 0 Å². The third-order valence-corrected chi connectivity index (χ3v) is 4.96. The highest BCUT2D eigenvalue weighted by atomic mass is 16.4. The first-order valence-corrected chi connectivity index (χ1v) is 8.79. The molecule has 0 fully saturated rings. The van der Waals surface area contributed by atoms with Gasteiger partial charge in [0.2, 0.25) is 5.91 Å². The highest BCUT2D eigenvalue weighted by Gasteiger charge is 2.23. The number of oxazole rings is 1. The molecule has 0 radical (unpaired) electrons. The topological polar surface area (TPSA) is 81.2 Å². The van der Waals surface area contributed by atoms with E-state index < -0.39 is 5.76 Å². The van der Waals surface area contributed by atoms with Gasteiger partial charge in [-0.3, -0.25) is 9.36 Å². The smallest absolute Gasteiger partial charge is 0.408 e. The van der Waals surface area contributed by atoms with E-state index in [0.717, 1.165) is 22.3 Å². The summed E-state index contributed by atoms with van der Waals surface area (Å²) in [5.74, 6) is -0.624. The Labute approximate surface area is 153 Å². The van der Waals surface area contributed by atoms with Crippen LogP contribution in [0.3, 0.4) is 0 Å². The van der Waals surface area contributed by atoms with Crippen molar-refractivity contribution < 1.29 is 9.21 Å². The lowest BCUT2D eigenvalue weighted by Crippen LogP contribution is -2.39. The first kappa shape index (κ1) is 15.7. The predicted octanol–water partition coefficient (Wildman–Crippen LogP) is 2.12. The third kappa shape index (κ3) is 2.68. The van der Waals surface area contributed by atoms with Crippen molar-refractivity contribution >= 4 is 28.0 Å². The highest BCUT2D eigenvalue weighted by Crippen LogP contribution is 2.22. The van der Waals surface area contributed by atoms with Crippen molar-refractivity contribution in [3.05, 3.63) is 70.5 Å². The maximum absolute atomic E-state index is 12.8. The summed E-state index contributed by atoms with van der Waals surface area (Å²) in [6.07, 6.45) is 2.40. The Morgan fingerprint density at radius 2 is 2.07 bits per heavy atom. The number of aromatic nitrogens is 3. The summed E-state index contributed by atoms with van der Waals surface area (Å²) >= 11 is 0. The number of para-hydroxylation sites is 2. The molecule has 0 atom stereocenters. The van der Waals surface area contributed by atoms with E-state index in [1.165, 1.54) is 4.57 Å². The molecule has 0 saturated heterocycles. The van der Waals surface area contributed by atoms with Crippen LogP contribution in [0.5, 0.6) is 0 Å². The molecule has 1 aliphatic rings. The Morgan fingerprint density at radius 3 is 3.00 bits per heavy atom. The lowest BCUT2D eigenvalue weighted by atomic mass is 10.0. The molecular weight excluding hydrogens is 344 g/mol. The largest absolute Gasteiger partial charge is 0.420 e. The summed E-state index contributed by atoms with van der Waals surface area (Å²) in [7, 11) is 0. The Hall–Kier alpha value is -3.48. The van der Waals surface area contributed by atoms with E-state index in [2.05, 4.69) is 9.97 Å². The van der Waals surface area contributed by atoms with Gasteiger partial charge >= 0.3 is 5.76 Å². The van der Waals surface area contributed by atoms with Crippen molar-refractivity contribution in [2.45, 2.75) is 19.5 Å². The first-order chi connectivity index (χ1) is 13.2. The zero-order chi connectivity index (χ0) is 18.4. The SMILES string of the molecule is O=C(Cn1c(=O)oc2ccccc21)N1CCc2nc3ncccc3cc2C1. The van der Waals surface area contributed by atoms with Gasteiger partial charge in [0.25, 0.3) is 0 Å². The van der Waals surface area contributed by atoms with Crippen LogP contribution in [-0.4, -0.2) is 31.9 Å². The molecule has 4 heterocycles. The lowest BCUT2D eigenvalue weighted by Gasteiger charge is -2.28. The van der Waals surface area contributed by atoms with Gasteiger partial charge in [-0.05, 0) is 35.9 Å². The molecule has 5 rings (SSSR count). The maximum Gasteiger partial charge on any atom is 0.420 e. The normalized spacial score (nSPS) is 13.9. The van der Waals surface area contributed by atoms with Crippen LogP contribution in [0.15, 0.2) is 57.9 Å². The van der Waals surface area contributed by atoms with Gasteiger partial charge in [-0.1, -0.05) is 12.1 Å². The average molecular weight is 360 g/mol. The molecule has 0 aliphatic carbocycles. The minimum Gasteiger partial charge on any atom is -0.408 e. The van der Waals surface area contributed by atoms with Crippen LogP contribution >= 0.6 is 0 Å². The van der Waals surface area contributed by atoms with E-state index >= 15 is 0 Å². The molecule has 7 heteroatoms. The number of nitrogens with zero attached hydrogens (tertiary/aromatic N) is 4. The van der Waals surface area contributed by atoms with Gasteiger partial charge in [0.15, 0.2) is 11.2 Å². The average Bonchev–Trinajstić information content (AvgIpc) is 3.01. The number of fused-ring (bicyclic) bond motifs is 3. The molecule has 0 N–H and O–H groups in total. The lowest BCUT2D eigenvalue weighted by molar-refractivity contribution is -0.132. The minimum absolute atomic E-state index is 0.0340. The number of hydrogen-bond acceptors (Lipinski definition) is 5. The van der Waals surface area contributed by atoms with Crippen LogP contribution in [0, 0.1) is 0 Å². The Morgan fingerprint density at radius 1 is 1.19 bits per heavy atom. The predicted molar refractivity (Wildman–Crippen MR) is 99.1 cm³/mol. The molecule has 3 aromatic heterocycles. The molecule has 7 nitrogen and oxygen atoms in total. The molecule has 0 spiro atoms. The van der Waals surface area contributed by atoms with Gasteiger partial charge in [-0.15, -0.1) is 0 Å². The molecule has 1 aliphatic heterocycles. The van der Waals surface area contributed by atoms with E-state index in [1.54, 1.807) is 29.3 Å². The molecule has 4 aromatic rings. The van der Waals surface area contributed by atoms with Crippen LogP contribution in [-0.2, 0) is 24.3 Å². The molecule has 0 unspecified atom stereocenters. The second kappa shape index (κ2) is 6.05. The molecule has 1 aromatic carbocycles. The minimum atomic E-state index is -0.513. The Balaban J connectivity index is 1.42. The van der Waals surface area contributed by atoms with E-state index in [9.17, 15) is 9.59 Å². The number of pyridine rings is 2. The Kier molecular flexibility index (Phi) is 3.53. The van der Waals surface area contributed by atoms with E-state index in [-0.39, 0.29) is 12.5 Å². The standard InChI is InChI=1S/C20H16N4O3/c25-18(12-24-16-5-1-2-6-17(16)27-20(24)26)23-9-7-15-14(11-23)10-13-4-3-8-21-19(13)22-15/h1-6,8,10H,7,9,11-12H2. The van der Waals surface area contributed by atoms with Crippen molar-refractivity contribution in [3.8, 4) is 0 Å². The van der Waals surface area contributed by atoms with Crippen molar-refractivity contribution in [2.24, 2.45) is 0 Å². The summed E-state index contributed by atoms with van der Waals surface area (Å²) in [5, 5.41) is 0.961. The molecule has 27 heavy (non-hydrogen) atoms. The van der Waals surface area contributed by atoms with Gasteiger partial charge in [0, 0.05) is 36.8 Å². The van der Waals surface area contributed by atoms with Crippen molar-refractivity contribution in [1.29, 1.82) is 0 Å². The molecular formula is C20H16N4O3. The van der Waals surface area contributed by atoms with Crippen LogP contribution in [0.25, 0.3) is 22.1 Å². The zero-order valence-corrected chi connectivity index (χ0v) is 14.5. The summed E-state index contributed by atoms with van der Waals surface area (Å²) in [6, 6.07) is 13.0. The van der Waals surface area contributed by atoms with Gasteiger partial charge < -0.3 is 9.32 Å². The number of carbonyl (C=O) groups excluding carboxylic acids is 1. The van der Waals surface area contributed by atoms with Gasteiger partial charge in [-0.25, -0.2) is 14.8 Å². The first-order valence-electron chi connectivity index (χ1n) is 8.79. The van der Waals surface area contributed by atoms with Crippen molar-refractivity contribution in [1.82, 2.24) is 19.4 Å². The van der Waals surface area contributed by atoms with E-state index in [1.807, 2.05) is 24.3 Å². The maximum atomic E-state index is 12.8. The quantitative estimate of drug-likeness (QED) is 0.547. The number of carbonyl (C=O) groups is 1. The molecule has 0 bridgehead atoms. The number of benzene rings is 1. The van der Waals surface area contributed by atoms with Crippen LogP contribution in [0.1, 0.15) is 11.3 Å². The fourth-order valence-electron chi connectivity index (χ4n) is 3.58. The highest BCUT2D eigenvalue weighted by molar-refractivity contribution is 5.80. The van der Waals surface area contributed by atoms with Crippen molar-refractivity contribution in [3.63, 3.8) is 0 Å². The Bertz CT molecular complexity index is 1240. The summed E-state index contributed by atoms with van der Waals surface area (Å²) < 4.78 is 6.60. The van der Waals surface area contributed by atoms with E-state index in [4.69, 9.17) is 4.42 Å².